The molecule has 4 rings (SSSR count). The van der Waals surface area contributed by atoms with Crippen LogP contribution in [0.2, 0.25) is 0 Å². The average Bonchev–Trinajstić information content (AvgIpc) is 3.15. The van der Waals surface area contributed by atoms with E-state index < -0.39 is 23.4 Å². The predicted molar refractivity (Wildman–Crippen MR) is 114 cm³/mol. The van der Waals surface area contributed by atoms with Crippen LogP contribution in [0.15, 0.2) is 30.3 Å². The lowest BCUT2D eigenvalue weighted by Gasteiger charge is -2.33. The van der Waals surface area contributed by atoms with Crippen molar-refractivity contribution in [1.29, 1.82) is 0 Å². The van der Waals surface area contributed by atoms with Crippen molar-refractivity contribution in [3.05, 3.63) is 52.2 Å². The average molecular weight is 452 g/mol. The number of anilines is 1. The molecule has 0 bridgehead atoms. The molecule has 1 fully saturated rings. The highest BCUT2D eigenvalue weighted by Gasteiger charge is 2.36. The van der Waals surface area contributed by atoms with Crippen molar-refractivity contribution in [2.45, 2.75) is 63.5 Å². The van der Waals surface area contributed by atoms with Gasteiger partial charge >= 0.3 is 6.18 Å². The molecule has 1 aliphatic rings. The summed E-state index contributed by atoms with van der Waals surface area (Å²) in [5.74, 6) is 1.06. The van der Waals surface area contributed by atoms with Gasteiger partial charge in [-0.15, -0.1) is 11.3 Å². The Labute approximate surface area is 182 Å². The van der Waals surface area contributed by atoms with Crippen LogP contribution in [0, 0.1) is 6.92 Å². The molecule has 0 aliphatic heterocycles. The summed E-state index contributed by atoms with van der Waals surface area (Å²) < 4.78 is 40.0. The summed E-state index contributed by atoms with van der Waals surface area (Å²) >= 11 is 1.38. The molecular formula is C22H24F3N3O2S. The van der Waals surface area contributed by atoms with Crippen molar-refractivity contribution >= 4 is 27.4 Å². The highest BCUT2D eigenvalue weighted by molar-refractivity contribution is 7.19. The van der Waals surface area contributed by atoms with Crippen molar-refractivity contribution in [2.24, 2.45) is 0 Å². The number of nitrogens with one attached hydrogen (secondary N) is 1. The molecule has 0 unspecified atom stereocenters. The van der Waals surface area contributed by atoms with Crippen molar-refractivity contribution in [2.75, 3.05) is 5.32 Å². The standard InChI is InChI=1S/C22H24F3N3O2S/c1-12(14-4-3-5-15(10-14)22(23,24)25)26-20-19-17(27-13(2)28-20)11-18(31-19)21(30)8-6-16(29)7-9-21/h3-5,10-12,16,29-30H,6-9H2,1-2H3,(H,26,27,28)/t12-,16?,21?/m1/s1. The number of benzene rings is 1. The van der Waals surface area contributed by atoms with Crippen molar-refractivity contribution in [1.82, 2.24) is 9.97 Å². The summed E-state index contributed by atoms with van der Waals surface area (Å²) in [7, 11) is 0. The van der Waals surface area contributed by atoms with Gasteiger partial charge in [0.05, 0.1) is 33.5 Å². The lowest BCUT2D eigenvalue weighted by Crippen LogP contribution is -2.32. The summed E-state index contributed by atoms with van der Waals surface area (Å²) in [6.45, 7) is 3.53. The molecule has 1 saturated carbocycles. The minimum absolute atomic E-state index is 0.387. The lowest BCUT2D eigenvalue weighted by atomic mass is 9.82. The number of nitrogens with zero attached hydrogens (tertiary/aromatic N) is 2. The van der Waals surface area contributed by atoms with Crippen molar-refractivity contribution < 1.29 is 23.4 Å². The van der Waals surface area contributed by atoms with Crippen LogP contribution in [-0.4, -0.2) is 26.3 Å². The molecule has 1 aromatic carbocycles. The summed E-state index contributed by atoms with van der Waals surface area (Å²) in [5, 5.41) is 24.1. The third-order valence-electron chi connectivity index (χ3n) is 5.79. The van der Waals surface area contributed by atoms with Crippen LogP contribution in [0.5, 0.6) is 0 Å². The first kappa shape index (κ1) is 22.0. The van der Waals surface area contributed by atoms with Crippen LogP contribution in [0.25, 0.3) is 10.2 Å². The fourth-order valence-corrected chi connectivity index (χ4v) is 5.17. The first-order valence-corrected chi connectivity index (χ1v) is 11.0. The maximum absolute atomic E-state index is 13.1. The van der Waals surface area contributed by atoms with E-state index in [1.807, 2.05) is 6.07 Å². The van der Waals surface area contributed by atoms with Gasteiger partial charge < -0.3 is 15.5 Å². The Bertz CT molecular complexity index is 1090. The minimum atomic E-state index is -4.40. The van der Waals surface area contributed by atoms with Crippen LogP contribution in [-0.2, 0) is 11.8 Å². The van der Waals surface area contributed by atoms with Crippen LogP contribution in [0.4, 0.5) is 19.0 Å². The summed E-state index contributed by atoms with van der Waals surface area (Å²) in [6.07, 6.45) is -2.78. The van der Waals surface area contributed by atoms with E-state index in [9.17, 15) is 23.4 Å². The van der Waals surface area contributed by atoms with E-state index in [0.29, 0.717) is 48.4 Å². The second-order valence-corrected chi connectivity index (χ2v) is 9.25. The van der Waals surface area contributed by atoms with Gasteiger partial charge in [-0.2, -0.15) is 13.2 Å². The molecular weight excluding hydrogens is 427 g/mol. The van der Waals surface area contributed by atoms with E-state index >= 15 is 0 Å². The normalized spacial score (nSPS) is 23.1. The zero-order valence-corrected chi connectivity index (χ0v) is 18.0. The maximum atomic E-state index is 13.1. The second kappa shape index (κ2) is 8.03. The molecule has 2 heterocycles. The molecule has 1 atom stereocenters. The number of aliphatic hydroxyl groups excluding tert-OH is 1. The Morgan fingerprint density at radius 3 is 2.58 bits per heavy atom. The van der Waals surface area contributed by atoms with E-state index in [1.165, 1.54) is 17.4 Å². The van der Waals surface area contributed by atoms with Crippen LogP contribution in [0.3, 0.4) is 0 Å². The molecule has 31 heavy (non-hydrogen) atoms. The Hall–Kier alpha value is -2.23. The molecule has 9 heteroatoms. The Kier molecular flexibility index (Phi) is 5.70. The van der Waals surface area contributed by atoms with Gasteiger partial charge in [-0.3, -0.25) is 0 Å². The lowest BCUT2D eigenvalue weighted by molar-refractivity contribution is -0.137. The first-order chi connectivity index (χ1) is 14.5. The zero-order chi connectivity index (χ0) is 22.4. The van der Waals surface area contributed by atoms with Gasteiger partial charge in [-0.05, 0) is 63.3 Å². The third kappa shape index (κ3) is 4.53. The van der Waals surface area contributed by atoms with Crippen molar-refractivity contribution in [3.63, 3.8) is 0 Å². The number of hydrogen-bond donors (Lipinski definition) is 3. The summed E-state index contributed by atoms with van der Waals surface area (Å²) in [4.78, 5) is 9.72. The number of aryl methyl sites for hydroxylation is 1. The molecule has 5 nitrogen and oxygen atoms in total. The summed E-state index contributed by atoms with van der Waals surface area (Å²) in [6, 6.07) is 6.67. The smallest absolute Gasteiger partial charge is 0.393 e. The number of fused-ring (bicyclic) bond motifs is 1. The Morgan fingerprint density at radius 1 is 1.19 bits per heavy atom. The highest BCUT2D eigenvalue weighted by Crippen LogP contribution is 2.43. The predicted octanol–water partition coefficient (Wildman–Crippen LogP) is 5.31. The molecule has 2 aromatic heterocycles. The monoisotopic (exact) mass is 451 g/mol. The fraction of sp³-hybridized carbons (Fsp3) is 0.455. The van der Waals surface area contributed by atoms with E-state index in [2.05, 4.69) is 15.3 Å². The second-order valence-electron chi connectivity index (χ2n) is 8.20. The van der Waals surface area contributed by atoms with Gasteiger partial charge in [0.15, 0.2) is 0 Å². The van der Waals surface area contributed by atoms with Crippen LogP contribution >= 0.6 is 11.3 Å². The van der Waals surface area contributed by atoms with Gasteiger partial charge in [0.1, 0.15) is 11.6 Å². The molecule has 0 amide bonds. The van der Waals surface area contributed by atoms with Crippen LogP contribution < -0.4 is 5.32 Å². The van der Waals surface area contributed by atoms with Gasteiger partial charge in [-0.25, -0.2) is 9.97 Å². The molecule has 166 valence electrons. The number of thiophene rings is 1. The number of alkyl halides is 3. The number of halogens is 3. The molecule has 1 aliphatic carbocycles. The molecule has 0 saturated heterocycles. The molecule has 0 spiro atoms. The minimum Gasteiger partial charge on any atom is -0.393 e. The molecule has 3 aromatic rings. The zero-order valence-electron chi connectivity index (χ0n) is 17.2. The van der Waals surface area contributed by atoms with Gasteiger partial charge in [0.25, 0.3) is 0 Å². The van der Waals surface area contributed by atoms with Crippen molar-refractivity contribution in [3.8, 4) is 0 Å². The number of aliphatic hydroxyl groups is 2. The fourth-order valence-electron chi connectivity index (χ4n) is 3.97. The maximum Gasteiger partial charge on any atom is 0.416 e. The van der Waals surface area contributed by atoms with Gasteiger partial charge in [0, 0.05) is 4.88 Å². The topological polar surface area (TPSA) is 78.3 Å². The number of aromatic nitrogens is 2. The van der Waals surface area contributed by atoms with E-state index in [1.54, 1.807) is 19.9 Å². The summed E-state index contributed by atoms with van der Waals surface area (Å²) in [5.41, 5.74) is -0.521. The van der Waals surface area contributed by atoms with Crippen LogP contribution in [0.1, 0.15) is 60.5 Å². The van der Waals surface area contributed by atoms with Gasteiger partial charge in [0.2, 0.25) is 0 Å². The quantitative estimate of drug-likeness (QED) is 0.501. The SMILES string of the molecule is Cc1nc(N[C@H](C)c2cccc(C(F)(F)F)c2)c2sc(C3(O)CCC(O)CC3)cc2n1. The molecule has 3 N–H and O–H groups in total. The van der Waals surface area contributed by atoms with E-state index in [0.717, 1.165) is 21.7 Å². The first-order valence-electron chi connectivity index (χ1n) is 10.2. The highest BCUT2D eigenvalue weighted by atomic mass is 32.1. The third-order valence-corrected chi connectivity index (χ3v) is 7.12. The largest absolute Gasteiger partial charge is 0.416 e. The number of hydrogen-bond acceptors (Lipinski definition) is 6. The van der Waals surface area contributed by atoms with Gasteiger partial charge in [-0.1, -0.05) is 12.1 Å². The van der Waals surface area contributed by atoms with E-state index in [4.69, 9.17) is 0 Å². The Balaban J connectivity index is 1.66. The molecule has 0 radical (unpaired) electrons. The number of rotatable bonds is 4. The van der Waals surface area contributed by atoms with E-state index in [-0.39, 0.29) is 6.10 Å². The Morgan fingerprint density at radius 2 is 1.90 bits per heavy atom.